The van der Waals surface area contributed by atoms with Crippen molar-refractivity contribution in [3.05, 3.63) is 112 Å². The van der Waals surface area contributed by atoms with E-state index in [1.807, 2.05) is 0 Å². The highest BCUT2D eigenvalue weighted by atomic mass is 19.4. The zero-order chi connectivity index (χ0) is 32.9. The maximum atomic E-state index is 13.4. The molecule has 1 aliphatic rings. The van der Waals surface area contributed by atoms with Gasteiger partial charge in [0.1, 0.15) is 23.0 Å². The van der Waals surface area contributed by atoms with Gasteiger partial charge in [0, 0.05) is 19.9 Å². The lowest BCUT2D eigenvalue weighted by atomic mass is 9.81. The van der Waals surface area contributed by atoms with Crippen molar-refractivity contribution in [3.63, 3.8) is 0 Å². The molecule has 1 heterocycles. The van der Waals surface area contributed by atoms with Crippen LogP contribution in [0, 0.1) is 11.3 Å². The maximum Gasteiger partial charge on any atom is 0.416 e. The molecule has 234 valence electrons. The number of ether oxygens (including phenoxy) is 5. The van der Waals surface area contributed by atoms with Crippen molar-refractivity contribution < 1.29 is 46.4 Å². The normalized spacial score (nSPS) is 15.2. The van der Waals surface area contributed by atoms with Crippen LogP contribution in [0.5, 0.6) is 11.5 Å². The number of nitriles is 1. The number of nitrogens with two attached hydrogens (primary N) is 1. The third-order valence-corrected chi connectivity index (χ3v) is 6.93. The van der Waals surface area contributed by atoms with Gasteiger partial charge in [0.05, 0.1) is 48.5 Å². The summed E-state index contributed by atoms with van der Waals surface area (Å²) in [5.74, 6) is -3.22. The van der Waals surface area contributed by atoms with E-state index in [-0.39, 0.29) is 45.4 Å². The number of methoxy groups -OCH3 is 4. The zero-order valence-corrected chi connectivity index (χ0v) is 24.5. The Morgan fingerprint density at radius 1 is 0.911 bits per heavy atom. The number of nitrogens with zero attached hydrogens (tertiary/aromatic N) is 2. The van der Waals surface area contributed by atoms with E-state index in [1.165, 1.54) is 44.6 Å². The third kappa shape index (κ3) is 6.47. The first-order valence-electron chi connectivity index (χ1n) is 13.2. The molecule has 0 radical (unpaired) electrons. The van der Waals surface area contributed by atoms with Gasteiger partial charge in [-0.05, 0) is 42.0 Å². The van der Waals surface area contributed by atoms with Crippen molar-refractivity contribution in [2.75, 3.05) is 33.3 Å². The van der Waals surface area contributed by atoms with E-state index in [4.69, 9.17) is 29.4 Å². The highest BCUT2D eigenvalue weighted by Gasteiger charge is 2.43. The molecule has 0 fully saturated rings. The van der Waals surface area contributed by atoms with E-state index in [9.17, 15) is 28.0 Å². The standard InChI is InChI=1S/C32H28F3N3O7/c1-41-29(39)26-25(18-9-6-5-7-10-18)23(17-36)28(37)38(27(26)30(40)42-2)20-13-14-24(22(16-20)31(43-3)44-4)45-21-12-8-11-19(15-21)32(33,34)35/h5-16,25,31H,37H2,1-4H3. The van der Waals surface area contributed by atoms with Crippen molar-refractivity contribution in [2.24, 2.45) is 5.73 Å². The number of allylic oxidation sites excluding steroid dienone is 1. The minimum atomic E-state index is -4.60. The Morgan fingerprint density at radius 2 is 1.58 bits per heavy atom. The highest BCUT2D eigenvalue weighted by Crippen LogP contribution is 2.45. The fraction of sp³-hybridized carbons (Fsp3) is 0.219. The first-order valence-corrected chi connectivity index (χ1v) is 13.2. The summed E-state index contributed by atoms with van der Waals surface area (Å²) < 4.78 is 66.8. The van der Waals surface area contributed by atoms with Gasteiger partial charge in [-0.25, -0.2) is 9.59 Å². The van der Waals surface area contributed by atoms with Gasteiger partial charge >= 0.3 is 18.1 Å². The van der Waals surface area contributed by atoms with Crippen LogP contribution in [0.15, 0.2) is 95.5 Å². The van der Waals surface area contributed by atoms with Gasteiger partial charge < -0.3 is 29.4 Å². The van der Waals surface area contributed by atoms with Crippen LogP contribution >= 0.6 is 0 Å². The summed E-state index contributed by atoms with van der Waals surface area (Å²) in [7, 11) is 4.90. The van der Waals surface area contributed by atoms with Gasteiger partial charge in [-0.3, -0.25) is 4.90 Å². The van der Waals surface area contributed by atoms with E-state index in [1.54, 1.807) is 30.3 Å². The second-order valence-corrected chi connectivity index (χ2v) is 9.49. The molecule has 1 aliphatic heterocycles. The third-order valence-electron chi connectivity index (χ3n) is 6.93. The topological polar surface area (TPSA) is 133 Å². The first kappa shape index (κ1) is 32.6. The van der Waals surface area contributed by atoms with Crippen LogP contribution < -0.4 is 15.4 Å². The molecule has 13 heteroatoms. The summed E-state index contributed by atoms with van der Waals surface area (Å²) >= 11 is 0. The zero-order valence-electron chi connectivity index (χ0n) is 24.5. The lowest BCUT2D eigenvalue weighted by Crippen LogP contribution is -2.40. The Balaban J connectivity index is 1.97. The molecule has 0 aliphatic carbocycles. The Hall–Kier alpha value is -5.32. The number of hydrogen-bond donors (Lipinski definition) is 1. The van der Waals surface area contributed by atoms with Crippen LogP contribution in [0.1, 0.15) is 28.9 Å². The first-order chi connectivity index (χ1) is 21.5. The number of rotatable bonds is 9. The number of carbonyl (C=O) groups excluding carboxylic acids is 2. The lowest BCUT2D eigenvalue weighted by molar-refractivity contribution is -0.139. The molecule has 10 nitrogen and oxygen atoms in total. The number of benzene rings is 3. The molecule has 2 N–H and O–H groups in total. The number of halogens is 3. The molecular formula is C32H28F3N3O7. The van der Waals surface area contributed by atoms with Crippen molar-refractivity contribution in [2.45, 2.75) is 18.4 Å². The van der Waals surface area contributed by atoms with Crippen molar-refractivity contribution in [1.82, 2.24) is 0 Å². The molecule has 0 bridgehead atoms. The molecule has 45 heavy (non-hydrogen) atoms. The highest BCUT2D eigenvalue weighted by molar-refractivity contribution is 6.06. The van der Waals surface area contributed by atoms with Gasteiger partial charge in [-0.15, -0.1) is 0 Å². The molecule has 1 atom stereocenters. The van der Waals surface area contributed by atoms with Gasteiger partial charge in [0.25, 0.3) is 0 Å². The minimum Gasteiger partial charge on any atom is -0.466 e. The van der Waals surface area contributed by atoms with E-state index < -0.39 is 35.9 Å². The summed E-state index contributed by atoms with van der Waals surface area (Å²) in [6, 6.07) is 19.1. The predicted octanol–water partition coefficient (Wildman–Crippen LogP) is 5.69. The number of hydrogen-bond acceptors (Lipinski definition) is 10. The summed E-state index contributed by atoms with van der Waals surface area (Å²) in [6.07, 6.45) is -5.71. The summed E-state index contributed by atoms with van der Waals surface area (Å²) in [5, 5.41) is 10.3. The summed E-state index contributed by atoms with van der Waals surface area (Å²) in [4.78, 5) is 27.9. The summed E-state index contributed by atoms with van der Waals surface area (Å²) in [5.41, 5.74) is 5.88. The van der Waals surface area contributed by atoms with Gasteiger partial charge in [-0.2, -0.15) is 18.4 Å². The molecule has 0 amide bonds. The Morgan fingerprint density at radius 3 is 2.16 bits per heavy atom. The molecular weight excluding hydrogens is 595 g/mol. The van der Waals surface area contributed by atoms with Gasteiger partial charge in [0.15, 0.2) is 6.29 Å². The Labute approximate surface area is 256 Å². The van der Waals surface area contributed by atoms with Gasteiger partial charge in [0.2, 0.25) is 0 Å². The fourth-order valence-electron chi connectivity index (χ4n) is 4.95. The largest absolute Gasteiger partial charge is 0.466 e. The van der Waals surface area contributed by atoms with E-state index in [0.717, 1.165) is 31.3 Å². The number of anilines is 1. The Kier molecular flexibility index (Phi) is 9.81. The van der Waals surface area contributed by atoms with Crippen LogP contribution in [-0.4, -0.2) is 40.4 Å². The average molecular weight is 624 g/mol. The SMILES string of the molecule is COC(=O)C1=C(C(=O)OC)N(c2ccc(Oc3cccc(C(F)(F)F)c3)c(C(OC)OC)c2)C(N)=C(C#N)C1c1ccccc1. The smallest absolute Gasteiger partial charge is 0.416 e. The van der Waals surface area contributed by atoms with E-state index in [2.05, 4.69) is 6.07 Å². The number of alkyl halides is 3. The Bertz CT molecular complexity index is 1690. The van der Waals surface area contributed by atoms with Crippen molar-refractivity contribution >= 4 is 17.6 Å². The number of esters is 2. The second-order valence-electron chi connectivity index (χ2n) is 9.49. The molecule has 4 rings (SSSR count). The summed E-state index contributed by atoms with van der Waals surface area (Å²) in [6.45, 7) is 0. The van der Waals surface area contributed by atoms with Crippen molar-refractivity contribution in [1.29, 1.82) is 5.26 Å². The predicted molar refractivity (Wildman–Crippen MR) is 154 cm³/mol. The average Bonchev–Trinajstić information content (AvgIpc) is 3.04. The van der Waals surface area contributed by atoms with Crippen LogP contribution in [0.4, 0.5) is 18.9 Å². The monoisotopic (exact) mass is 623 g/mol. The lowest BCUT2D eigenvalue weighted by Gasteiger charge is -2.36. The molecule has 0 spiro atoms. The van der Waals surface area contributed by atoms with Crippen LogP contribution in [-0.2, 0) is 34.7 Å². The van der Waals surface area contributed by atoms with Crippen LogP contribution in [0.25, 0.3) is 0 Å². The maximum absolute atomic E-state index is 13.4. The van der Waals surface area contributed by atoms with Crippen LogP contribution in [0.2, 0.25) is 0 Å². The van der Waals surface area contributed by atoms with Crippen molar-refractivity contribution in [3.8, 4) is 17.6 Å². The minimum absolute atomic E-state index is 0.0470. The van der Waals surface area contributed by atoms with Gasteiger partial charge in [-0.1, -0.05) is 36.4 Å². The molecule has 0 aromatic heterocycles. The van der Waals surface area contributed by atoms with E-state index >= 15 is 0 Å². The molecule has 3 aromatic carbocycles. The molecule has 0 saturated heterocycles. The molecule has 0 saturated carbocycles. The number of carbonyl (C=O) groups is 2. The van der Waals surface area contributed by atoms with E-state index in [0.29, 0.717) is 5.56 Å². The second kappa shape index (κ2) is 13.5. The molecule has 1 unspecified atom stereocenters. The quantitative estimate of drug-likeness (QED) is 0.234. The fourth-order valence-corrected chi connectivity index (χ4v) is 4.95. The van der Waals surface area contributed by atoms with Crippen LogP contribution in [0.3, 0.4) is 0 Å². The molecule has 3 aromatic rings.